The highest BCUT2D eigenvalue weighted by Gasteiger charge is 2.14. The summed E-state index contributed by atoms with van der Waals surface area (Å²) in [4.78, 5) is 2.21. The molecule has 1 rings (SSSR count). The van der Waals surface area contributed by atoms with Crippen LogP contribution in [0.4, 0.5) is 0 Å². The van der Waals surface area contributed by atoms with Gasteiger partial charge in [-0.1, -0.05) is 19.1 Å². The highest BCUT2D eigenvalue weighted by atomic mass is 16.3. The molecule has 0 saturated heterocycles. The van der Waals surface area contributed by atoms with Crippen molar-refractivity contribution in [1.82, 2.24) is 4.90 Å². The van der Waals surface area contributed by atoms with Gasteiger partial charge in [0.05, 0.1) is 17.7 Å². The monoisotopic (exact) mass is 232 g/mol. The summed E-state index contributed by atoms with van der Waals surface area (Å²) < 4.78 is 0. The van der Waals surface area contributed by atoms with E-state index in [1.807, 2.05) is 12.1 Å². The average Bonchev–Trinajstić information content (AvgIpc) is 2.35. The van der Waals surface area contributed by atoms with Crippen LogP contribution >= 0.6 is 0 Å². The first kappa shape index (κ1) is 13.7. The molecule has 17 heavy (non-hydrogen) atoms. The van der Waals surface area contributed by atoms with Gasteiger partial charge in [0.15, 0.2) is 0 Å². The highest BCUT2D eigenvalue weighted by Crippen LogP contribution is 2.16. The van der Waals surface area contributed by atoms with Crippen LogP contribution in [0.25, 0.3) is 0 Å². The fourth-order valence-corrected chi connectivity index (χ4v) is 1.81. The summed E-state index contributed by atoms with van der Waals surface area (Å²) in [5.41, 5.74) is 1.49. The molecule has 1 N–H and O–H groups in total. The Balaban J connectivity index is 2.69. The largest absolute Gasteiger partial charge is 0.387 e. The van der Waals surface area contributed by atoms with Gasteiger partial charge in [-0.25, -0.2) is 0 Å². The molecular formula is C14H20N2O. The van der Waals surface area contributed by atoms with Gasteiger partial charge in [-0.3, -0.25) is 4.90 Å². The lowest BCUT2D eigenvalue weighted by Crippen LogP contribution is -2.34. The third kappa shape index (κ3) is 3.85. The van der Waals surface area contributed by atoms with Crippen LogP contribution in [0, 0.1) is 11.3 Å². The number of hydrogen-bond acceptors (Lipinski definition) is 3. The second-order valence-electron chi connectivity index (χ2n) is 4.43. The predicted molar refractivity (Wildman–Crippen MR) is 68.5 cm³/mol. The maximum atomic E-state index is 10.1. The summed E-state index contributed by atoms with van der Waals surface area (Å²) in [6, 6.07) is 9.61. The molecular weight excluding hydrogens is 212 g/mol. The van der Waals surface area contributed by atoms with E-state index in [2.05, 4.69) is 31.7 Å². The lowest BCUT2D eigenvalue weighted by atomic mass is 10.1. The second-order valence-corrected chi connectivity index (χ2v) is 4.43. The highest BCUT2D eigenvalue weighted by molar-refractivity contribution is 5.32. The van der Waals surface area contributed by atoms with Crippen molar-refractivity contribution in [3.05, 3.63) is 35.4 Å². The van der Waals surface area contributed by atoms with Crippen LogP contribution in [0.2, 0.25) is 0 Å². The quantitative estimate of drug-likeness (QED) is 0.847. The zero-order valence-electron chi connectivity index (χ0n) is 10.7. The van der Waals surface area contributed by atoms with Crippen molar-refractivity contribution < 1.29 is 5.11 Å². The van der Waals surface area contributed by atoms with Gasteiger partial charge in [-0.2, -0.15) is 5.26 Å². The first-order valence-electron chi connectivity index (χ1n) is 6.00. The Morgan fingerprint density at radius 1 is 1.29 bits per heavy atom. The number of benzene rings is 1. The summed E-state index contributed by atoms with van der Waals surface area (Å²) in [7, 11) is 0. The number of aliphatic hydroxyl groups is 1. The number of nitrogens with zero attached hydrogens (tertiary/aromatic N) is 2. The normalized spacial score (nSPS) is 12.8. The predicted octanol–water partition coefficient (Wildman–Crippen LogP) is 2.32. The molecule has 0 radical (unpaired) electrons. The molecule has 1 aromatic carbocycles. The van der Waals surface area contributed by atoms with E-state index in [1.165, 1.54) is 0 Å². The van der Waals surface area contributed by atoms with E-state index in [4.69, 9.17) is 5.26 Å². The third-order valence-corrected chi connectivity index (χ3v) is 2.97. The smallest absolute Gasteiger partial charge is 0.0991 e. The van der Waals surface area contributed by atoms with Gasteiger partial charge in [0.25, 0.3) is 0 Å². The van der Waals surface area contributed by atoms with Crippen molar-refractivity contribution in [3.63, 3.8) is 0 Å². The van der Waals surface area contributed by atoms with Gasteiger partial charge in [0.2, 0.25) is 0 Å². The van der Waals surface area contributed by atoms with E-state index < -0.39 is 6.10 Å². The van der Waals surface area contributed by atoms with Gasteiger partial charge < -0.3 is 5.11 Å². The average molecular weight is 232 g/mol. The van der Waals surface area contributed by atoms with Crippen LogP contribution in [0.3, 0.4) is 0 Å². The fraction of sp³-hybridized carbons (Fsp3) is 0.500. The van der Waals surface area contributed by atoms with E-state index in [0.29, 0.717) is 18.2 Å². The Morgan fingerprint density at radius 3 is 2.29 bits per heavy atom. The summed E-state index contributed by atoms with van der Waals surface area (Å²) >= 11 is 0. The fourth-order valence-electron chi connectivity index (χ4n) is 1.81. The molecule has 0 spiro atoms. The molecule has 3 nitrogen and oxygen atoms in total. The van der Waals surface area contributed by atoms with Crippen molar-refractivity contribution in [2.24, 2.45) is 0 Å². The molecule has 0 fully saturated rings. The van der Waals surface area contributed by atoms with Gasteiger partial charge in [-0.05, 0) is 38.1 Å². The van der Waals surface area contributed by atoms with E-state index in [-0.39, 0.29) is 0 Å². The molecule has 0 aliphatic heterocycles. The van der Waals surface area contributed by atoms with Crippen molar-refractivity contribution in [2.45, 2.75) is 32.9 Å². The first-order chi connectivity index (χ1) is 8.08. The summed E-state index contributed by atoms with van der Waals surface area (Å²) in [5.74, 6) is 0. The van der Waals surface area contributed by atoms with Crippen molar-refractivity contribution >= 4 is 0 Å². The molecule has 0 heterocycles. The molecule has 0 saturated carbocycles. The van der Waals surface area contributed by atoms with Crippen LogP contribution in [-0.4, -0.2) is 29.1 Å². The number of nitriles is 1. The summed E-state index contributed by atoms with van der Waals surface area (Å²) in [6.07, 6.45) is -0.495. The molecule has 3 heteroatoms. The van der Waals surface area contributed by atoms with Gasteiger partial charge in [0.1, 0.15) is 0 Å². The minimum atomic E-state index is -0.495. The molecule has 92 valence electrons. The zero-order valence-corrected chi connectivity index (χ0v) is 10.7. The van der Waals surface area contributed by atoms with Crippen molar-refractivity contribution in [1.29, 1.82) is 5.26 Å². The van der Waals surface area contributed by atoms with Crippen LogP contribution in [0.15, 0.2) is 24.3 Å². The molecule has 1 aromatic rings. The van der Waals surface area contributed by atoms with Crippen LogP contribution in [-0.2, 0) is 0 Å². The molecule has 0 aliphatic carbocycles. The molecule has 0 amide bonds. The number of rotatable bonds is 5. The second kappa shape index (κ2) is 6.39. The topological polar surface area (TPSA) is 47.3 Å². The van der Waals surface area contributed by atoms with E-state index in [1.54, 1.807) is 12.1 Å². The Bertz CT molecular complexity index is 378. The molecule has 0 aliphatic rings. The van der Waals surface area contributed by atoms with E-state index in [0.717, 1.165) is 12.1 Å². The van der Waals surface area contributed by atoms with Crippen LogP contribution < -0.4 is 0 Å². The Hall–Kier alpha value is -1.37. The van der Waals surface area contributed by atoms with E-state index in [9.17, 15) is 5.11 Å². The minimum Gasteiger partial charge on any atom is -0.387 e. The van der Waals surface area contributed by atoms with Gasteiger partial charge >= 0.3 is 0 Å². The molecule has 0 aromatic heterocycles. The SMILES string of the molecule is CCN(CC(O)c1ccc(C#N)cc1)C(C)C. The standard InChI is InChI=1S/C14H20N2O/c1-4-16(11(2)3)10-14(17)13-7-5-12(9-15)6-8-13/h5-8,11,14,17H,4,10H2,1-3H3. The lowest BCUT2D eigenvalue weighted by molar-refractivity contribution is 0.0991. The Morgan fingerprint density at radius 2 is 1.88 bits per heavy atom. The van der Waals surface area contributed by atoms with Crippen LogP contribution in [0.5, 0.6) is 0 Å². The molecule has 0 bridgehead atoms. The lowest BCUT2D eigenvalue weighted by Gasteiger charge is -2.27. The molecule has 1 unspecified atom stereocenters. The summed E-state index contributed by atoms with van der Waals surface area (Å²) in [6.45, 7) is 7.88. The third-order valence-electron chi connectivity index (χ3n) is 2.97. The van der Waals surface area contributed by atoms with Crippen LogP contribution in [0.1, 0.15) is 38.0 Å². The maximum absolute atomic E-state index is 10.1. The number of aliphatic hydroxyl groups excluding tert-OH is 1. The zero-order chi connectivity index (χ0) is 12.8. The first-order valence-corrected chi connectivity index (χ1v) is 6.00. The maximum Gasteiger partial charge on any atom is 0.0991 e. The van der Waals surface area contributed by atoms with Crippen molar-refractivity contribution in [2.75, 3.05) is 13.1 Å². The van der Waals surface area contributed by atoms with Gasteiger partial charge in [-0.15, -0.1) is 0 Å². The molecule has 1 atom stereocenters. The van der Waals surface area contributed by atoms with Gasteiger partial charge in [0, 0.05) is 12.6 Å². The Labute approximate surface area is 103 Å². The van der Waals surface area contributed by atoms with E-state index >= 15 is 0 Å². The summed E-state index contributed by atoms with van der Waals surface area (Å²) in [5, 5.41) is 18.8. The minimum absolute atomic E-state index is 0.424. The number of hydrogen-bond donors (Lipinski definition) is 1. The Kier molecular flexibility index (Phi) is 5.14. The van der Waals surface area contributed by atoms with Crippen molar-refractivity contribution in [3.8, 4) is 6.07 Å². The number of likely N-dealkylation sites (N-methyl/N-ethyl adjacent to an activating group) is 1.